The van der Waals surface area contributed by atoms with Crippen molar-refractivity contribution in [3.63, 3.8) is 0 Å². The summed E-state index contributed by atoms with van der Waals surface area (Å²) in [7, 11) is -5.24. The Labute approximate surface area is 186 Å². The van der Waals surface area contributed by atoms with Crippen molar-refractivity contribution < 1.29 is 36.5 Å². The molecule has 0 spiro atoms. The molecule has 2 rings (SSSR count). The van der Waals surface area contributed by atoms with Gasteiger partial charge in [-0.15, -0.1) is 0 Å². The number of aliphatic hydroxyl groups is 2. The van der Waals surface area contributed by atoms with Gasteiger partial charge in [-0.05, 0) is 72.2 Å². The van der Waals surface area contributed by atoms with E-state index in [-0.39, 0.29) is 9.79 Å². The topological polar surface area (TPSA) is 151 Å². The van der Waals surface area contributed by atoms with Gasteiger partial charge in [0.25, 0.3) is 0 Å². The molecule has 0 saturated heterocycles. The summed E-state index contributed by atoms with van der Waals surface area (Å²) in [5.74, 6) is 9.39. The Morgan fingerprint density at radius 2 is 1.00 bits per heavy atom. The molecule has 2 aromatic carbocycles. The molecule has 0 aliphatic rings. The normalized spacial score (nSPS) is 13.0. The molecule has 4 N–H and O–H groups in total. The van der Waals surface area contributed by atoms with Crippen LogP contribution >= 0.6 is 0 Å². The minimum Gasteiger partial charge on any atom is -0.497 e. The number of benzene rings is 2. The molecule has 0 amide bonds. The minimum absolute atomic E-state index is 0.117. The lowest BCUT2D eigenvalue weighted by Crippen LogP contribution is -2.33. The van der Waals surface area contributed by atoms with E-state index < -0.39 is 32.5 Å². The number of nitrogens with one attached hydrogen (secondary N) is 2. The van der Waals surface area contributed by atoms with Gasteiger partial charge >= 0.3 is 0 Å². The maximum atomic E-state index is 12.2. The van der Waals surface area contributed by atoms with Crippen LogP contribution in [0.25, 0.3) is 0 Å². The third-order valence-electron chi connectivity index (χ3n) is 3.75. The molecule has 2 atom stereocenters. The number of aliphatic hydroxyl groups excluding tert-OH is 2. The summed E-state index contributed by atoms with van der Waals surface area (Å²) < 4.78 is 62.4. The van der Waals surface area contributed by atoms with Gasteiger partial charge in [-0.2, -0.15) is 9.44 Å². The van der Waals surface area contributed by atoms with Gasteiger partial charge in [0, 0.05) is 0 Å². The smallest absolute Gasteiger partial charge is 0.243 e. The maximum absolute atomic E-state index is 12.2. The first-order valence-electron chi connectivity index (χ1n) is 8.77. The predicted octanol–water partition coefficient (Wildman–Crippen LogP) is -0.396. The SMILES string of the molecule is COc1ccc(S(=O)(=O)NC(O)C#CC#CC(O)NS(=O)(=O)c2ccc(OC)cc2)cc1. The Balaban J connectivity index is 1.97. The lowest BCUT2D eigenvalue weighted by atomic mass is 10.3. The molecule has 12 heteroatoms. The summed E-state index contributed by atoms with van der Waals surface area (Å²) in [4.78, 5) is -0.234. The molecule has 0 bridgehead atoms. The second-order valence-corrected chi connectivity index (χ2v) is 9.37. The van der Waals surface area contributed by atoms with Crippen LogP contribution in [-0.4, -0.2) is 53.7 Å². The van der Waals surface area contributed by atoms with Crippen LogP contribution in [0.1, 0.15) is 0 Å². The monoisotopic (exact) mass is 480 g/mol. The van der Waals surface area contributed by atoms with Crippen LogP contribution in [0.3, 0.4) is 0 Å². The largest absolute Gasteiger partial charge is 0.497 e. The average molecular weight is 481 g/mol. The van der Waals surface area contributed by atoms with E-state index in [1.54, 1.807) is 0 Å². The molecule has 0 fully saturated rings. The molecule has 10 nitrogen and oxygen atoms in total. The lowest BCUT2D eigenvalue weighted by Gasteiger charge is -2.09. The number of ether oxygens (including phenoxy) is 2. The minimum atomic E-state index is -4.05. The summed E-state index contributed by atoms with van der Waals surface area (Å²) in [5.41, 5.74) is 0. The number of methoxy groups -OCH3 is 2. The van der Waals surface area contributed by atoms with Crippen molar-refractivity contribution in [1.82, 2.24) is 9.44 Å². The highest BCUT2D eigenvalue weighted by atomic mass is 32.2. The molecule has 2 aromatic rings. The first-order valence-corrected chi connectivity index (χ1v) is 11.7. The van der Waals surface area contributed by atoms with E-state index in [2.05, 4.69) is 23.7 Å². The van der Waals surface area contributed by atoms with Crippen LogP contribution in [0, 0.1) is 23.7 Å². The van der Waals surface area contributed by atoms with Gasteiger partial charge in [0.1, 0.15) is 11.5 Å². The Bertz CT molecular complexity index is 1150. The second kappa shape index (κ2) is 11.0. The van der Waals surface area contributed by atoms with Crippen molar-refractivity contribution in [2.75, 3.05) is 14.2 Å². The average Bonchev–Trinajstić information content (AvgIpc) is 2.76. The van der Waals surface area contributed by atoms with Crippen LogP contribution in [0.2, 0.25) is 0 Å². The van der Waals surface area contributed by atoms with Gasteiger partial charge in [-0.3, -0.25) is 0 Å². The summed E-state index contributed by atoms with van der Waals surface area (Å²) in [6.45, 7) is 0. The van der Waals surface area contributed by atoms with E-state index in [4.69, 9.17) is 9.47 Å². The molecule has 0 aliphatic heterocycles. The standard InChI is InChI=1S/C20H20N2O8S2/c1-29-15-7-11-17(12-8-15)31(25,26)21-19(23)5-3-4-6-20(24)22-32(27,28)18-13-9-16(30-2)10-14-18/h7-14,19-24H,1-2H3. The van der Waals surface area contributed by atoms with E-state index in [0.717, 1.165) is 0 Å². The highest BCUT2D eigenvalue weighted by molar-refractivity contribution is 7.89. The molecule has 170 valence electrons. The molecular weight excluding hydrogens is 460 g/mol. The number of hydrogen-bond donors (Lipinski definition) is 4. The number of sulfonamides is 2. The Kier molecular flexibility index (Phi) is 8.63. The van der Waals surface area contributed by atoms with E-state index in [1.807, 2.05) is 9.44 Å². The zero-order valence-corrected chi connectivity index (χ0v) is 18.6. The van der Waals surface area contributed by atoms with Gasteiger partial charge in [0.05, 0.1) is 24.0 Å². The van der Waals surface area contributed by atoms with Crippen LogP contribution in [0.4, 0.5) is 0 Å². The number of hydrogen-bond acceptors (Lipinski definition) is 8. The highest BCUT2D eigenvalue weighted by Gasteiger charge is 2.18. The Morgan fingerprint density at radius 3 is 1.28 bits per heavy atom. The summed E-state index contributed by atoms with van der Waals surface area (Å²) in [5, 5.41) is 19.5. The van der Waals surface area contributed by atoms with E-state index in [9.17, 15) is 27.0 Å². The number of rotatable bonds is 8. The fourth-order valence-electron chi connectivity index (χ4n) is 2.21. The molecular formula is C20H20N2O8S2. The van der Waals surface area contributed by atoms with Gasteiger partial charge in [0.2, 0.25) is 20.0 Å². The molecule has 32 heavy (non-hydrogen) atoms. The Morgan fingerprint density at radius 1 is 0.688 bits per heavy atom. The van der Waals surface area contributed by atoms with Gasteiger partial charge in [0.15, 0.2) is 12.5 Å². The quantitative estimate of drug-likeness (QED) is 0.294. The summed E-state index contributed by atoms with van der Waals surface area (Å²) in [6.07, 6.45) is -3.57. The first kappa shape index (κ1) is 25.2. The van der Waals surface area contributed by atoms with Gasteiger partial charge < -0.3 is 19.7 Å². The van der Waals surface area contributed by atoms with E-state index in [1.165, 1.54) is 62.8 Å². The zero-order valence-electron chi connectivity index (χ0n) is 16.9. The van der Waals surface area contributed by atoms with Gasteiger partial charge in [-0.25, -0.2) is 16.8 Å². The lowest BCUT2D eigenvalue weighted by molar-refractivity contribution is 0.220. The summed E-state index contributed by atoms with van der Waals surface area (Å²) in [6, 6.07) is 10.9. The van der Waals surface area contributed by atoms with E-state index in [0.29, 0.717) is 11.5 Å². The second-order valence-electron chi connectivity index (χ2n) is 5.94. The van der Waals surface area contributed by atoms with Crippen molar-refractivity contribution >= 4 is 20.0 Å². The van der Waals surface area contributed by atoms with Crippen molar-refractivity contribution in [2.24, 2.45) is 0 Å². The fourth-order valence-corrected chi connectivity index (χ4v) is 4.17. The molecule has 0 saturated carbocycles. The van der Waals surface area contributed by atoms with E-state index >= 15 is 0 Å². The summed E-state index contributed by atoms with van der Waals surface area (Å²) >= 11 is 0. The zero-order chi connectivity index (χ0) is 23.8. The third kappa shape index (κ3) is 7.25. The van der Waals surface area contributed by atoms with Crippen LogP contribution < -0.4 is 18.9 Å². The predicted molar refractivity (Wildman–Crippen MR) is 114 cm³/mol. The Hall–Kier alpha value is -3.10. The van der Waals surface area contributed by atoms with Crippen LogP contribution in [-0.2, 0) is 20.0 Å². The third-order valence-corrected chi connectivity index (χ3v) is 6.61. The van der Waals surface area contributed by atoms with Crippen molar-refractivity contribution in [1.29, 1.82) is 0 Å². The molecule has 0 heterocycles. The van der Waals surface area contributed by atoms with Crippen LogP contribution in [0.15, 0.2) is 58.3 Å². The fraction of sp³-hybridized carbons (Fsp3) is 0.200. The maximum Gasteiger partial charge on any atom is 0.243 e. The van der Waals surface area contributed by atoms with Crippen molar-refractivity contribution in [2.45, 2.75) is 22.2 Å². The molecule has 0 aromatic heterocycles. The van der Waals surface area contributed by atoms with Crippen molar-refractivity contribution in [3.8, 4) is 35.2 Å². The molecule has 0 aliphatic carbocycles. The molecule has 0 radical (unpaired) electrons. The van der Waals surface area contributed by atoms with Crippen molar-refractivity contribution in [3.05, 3.63) is 48.5 Å². The highest BCUT2D eigenvalue weighted by Crippen LogP contribution is 2.16. The van der Waals surface area contributed by atoms with Gasteiger partial charge in [-0.1, -0.05) is 0 Å². The molecule has 2 unspecified atom stereocenters. The first-order chi connectivity index (χ1) is 15.1. The van der Waals surface area contributed by atoms with Crippen LogP contribution in [0.5, 0.6) is 11.5 Å².